The summed E-state index contributed by atoms with van der Waals surface area (Å²) < 4.78 is 32.5. The zero-order valence-corrected chi connectivity index (χ0v) is 16.8. The van der Waals surface area contributed by atoms with E-state index in [4.69, 9.17) is 14.2 Å². The number of ether oxygens (including phenoxy) is 3. The fourth-order valence-electron chi connectivity index (χ4n) is 3.79. The summed E-state index contributed by atoms with van der Waals surface area (Å²) in [6.45, 7) is 5.40. The minimum absolute atomic E-state index is 0.238. The topological polar surface area (TPSA) is 45.5 Å². The van der Waals surface area contributed by atoms with Crippen molar-refractivity contribution in [2.45, 2.75) is 27.0 Å². The average molecular weight is 404 g/mol. The lowest BCUT2D eigenvalue weighted by atomic mass is 10.2. The number of fused-ring (bicyclic) bond motifs is 2. The van der Waals surface area contributed by atoms with Crippen molar-refractivity contribution in [1.82, 2.24) is 9.55 Å². The quantitative estimate of drug-likeness (QED) is 0.462. The maximum Gasteiger partial charge on any atom is 0.231 e. The number of hydrogen-bond acceptors (Lipinski definition) is 4. The maximum absolute atomic E-state index is 13.3. The smallest absolute Gasteiger partial charge is 0.231 e. The number of halogens is 1. The molecule has 2 aromatic carbocycles. The molecule has 1 aliphatic rings. The summed E-state index contributed by atoms with van der Waals surface area (Å²) in [5.41, 5.74) is 6.09. The van der Waals surface area contributed by atoms with Crippen LogP contribution < -0.4 is 14.2 Å². The SMILES string of the molecule is Cc1c(C)n(Cc2ccc(F)cc2)c2c(OCc3ccc4c(c3)OCO4)ccnc12. The van der Waals surface area contributed by atoms with Crippen molar-refractivity contribution in [3.05, 3.63) is 82.9 Å². The van der Waals surface area contributed by atoms with Gasteiger partial charge in [0.15, 0.2) is 11.5 Å². The van der Waals surface area contributed by atoms with Gasteiger partial charge in [-0.15, -0.1) is 0 Å². The Morgan fingerprint density at radius 3 is 2.60 bits per heavy atom. The highest BCUT2D eigenvalue weighted by Crippen LogP contribution is 2.34. The molecule has 30 heavy (non-hydrogen) atoms. The molecule has 6 heteroatoms. The third-order valence-corrected chi connectivity index (χ3v) is 5.55. The Labute approximate surface area is 173 Å². The Morgan fingerprint density at radius 2 is 1.77 bits per heavy atom. The number of aromatic nitrogens is 2. The normalized spacial score (nSPS) is 12.5. The van der Waals surface area contributed by atoms with Gasteiger partial charge >= 0.3 is 0 Å². The molecule has 0 N–H and O–H groups in total. The highest BCUT2D eigenvalue weighted by Gasteiger charge is 2.18. The van der Waals surface area contributed by atoms with Gasteiger partial charge in [-0.1, -0.05) is 18.2 Å². The second-order valence-corrected chi connectivity index (χ2v) is 7.41. The molecule has 0 saturated heterocycles. The van der Waals surface area contributed by atoms with Gasteiger partial charge in [0.1, 0.15) is 23.7 Å². The molecule has 0 fully saturated rings. The van der Waals surface area contributed by atoms with Crippen LogP contribution in [0.1, 0.15) is 22.4 Å². The van der Waals surface area contributed by atoms with Gasteiger partial charge in [0.05, 0.1) is 5.52 Å². The van der Waals surface area contributed by atoms with E-state index < -0.39 is 0 Å². The van der Waals surface area contributed by atoms with Crippen LogP contribution in [0.25, 0.3) is 11.0 Å². The van der Waals surface area contributed by atoms with Gasteiger partial charge in [-0.2, -0.15) is 0 Å². The van der Waals surface area contributed by atoms with Crippen molar-refractivity contribution in [3.8, 4) is 17.2 Å². The first kappa shape index (κ1) is 18.5. The van der Waals surface area contributed by atoms with Crippen molar-refractivity contribution in [3.63, 3.8) is 0 Å². The van der Waals surface area contributed by atoms with Crippen LogP contribution in [0.3, 0.4) is 0 Å². The first-order chi connectivity index (χ1) is 14.6. The lowest BCUT2D eigenvalue weighted by molar-refractivity contribution is 0.174. The third-order valence-electron chi connectivity index (χ3n) is 5.55. The van der Waals surface area contributed by atoms with Crippen LogP contribution in [0.15, 0.2) is 54.7 Å². The fraction of sp³-hybridized carbons (Fsp3) is 0.208. The van der Waals surface area contributed by atoms with Crippen LogP contribution in [0.4, 0.5) is 4.39 Å². The second-order valence-electron chi connectivity index (χ2n) is 7.41. The predicted octanol–water partition coefficient (Wildman–Crippen LogP) is 5.15. The molecule has 5 rings (SSSR count). The van der Waals surface area contributed by atoms with Crippen LogP contribution in [-0.2, 0) is 13.2 Å². The summed E-state index contributed by atoms with van der Waals surface area (Å²) in [4.78, 5) is 4.58. The van der Waals surface area contributed by atoms with E-state index in [-0.39, 0.29) is 12.6 Å². The molecule has 2 aromatic heterocycles. The molecule has 0 bridgehead atoms. The molecule has 0 unspecified atom stereocenters. The minimum atomic E-state index is -0.238. The highest BCUT2D eigenvalue weighted by atomic mass is 19.1. The van der Waals surface area contributed by atoms with Crippen molar-refractivity contribution in [2.75, 3.05) is 6.79 Å². The summed E-state index contributed by atoms with van der Waals surface area (Å²) in [5, 5.41) is 0. The molecule has 152 valence electrons. The monoisotopic (exact) mass is 404 g/mol. The number of benzene rings is 2. The molecular formula is C24H21FN2O3. The van der Waals surface area contributed by atoms with E-state index in [1.165, 1.54) is 12.1 Å². The van der Waals surface area contributed by atoms with E-state index in [0.717, 1.165) is 50.7 Å². The number of nitrogens with zero attached hydrogens (tertiary/aromatic N) is 2. The van der Waals surface area contributed by atoms with Gasteiger partial charge in [-0.05, 0) is 54.8 Å². The Kier molecular flexibility index (Phi) is 4.54. The molecule has 0 spiro atoms. The number of aryl methyl sites for hydroxylation is 1. The molecule has 3 heterocycles. The molecule has 0 radical (unpaired) electrons. The Hall–Kier alpha value is -3.54. The van der Waals surface area contributed by atoms with Crippen LogP contribution >= 0.6 is 0 Å². The van der Waals surface area contributed by atoms with E-state index in [2.05, 4.69) is 23.4 Å². The lowest BCUT2D eigenvalue weighted by Gasteiger charge is -2.13. The van der Waals surface area contributed by atoms with E-state index in [1.807, 2.05) is 24.3 Å². The van der Waals surface area contributed by atoms with Crippen LogP contribution in [0.5, 0.6) is 17.2 Å². The molecule has 0 amide bonds. The van der Waals surface area contributed by atoms with Crippen LogP contribution in [0.2, 0.25) is 0 Å². The minimum Gasteiger partial charge on any atom is -0.487 e. The molecule has 0 atom stereocenters. The summed E-state index contributed by atoms with van der Waals surface area (Å²) in [5.74, 6) is 2.02. The Morgan fingerprint density at radius 1 is 1.00 bits per heavy atom. The van der Waals surface area contributed by atoms with Crippen molar-refractivity contribution >= 4 is 11.0 Å². The third kappa shape index (κ3) is 3.24. The van der Waals surface area contributed by atoms with Gasteiger partial charge < -0.3 is 18.8 Å². The summed E-state index contributed by atoms with van der Waals surface area (Å²) >= 11 is 0. The number of hydrogen-bond donors (Lipinski definition) is 0. The molecule has 1 aliphatic heterocycles. The molecular weight excluding hydrogens is 383 g/mol. The largest absolute Gasteiger partial charge is 0.487 e. The van der Waals surface area contributed by atoms with Gasteiger partial charge in [-0.3, -0.25) is 4.98 Å². The van der Waals surface area contributed by atoms with E-state index >= 15 is 0 Å². The average Bonchev–Trinajstić information content (AvgIpc) is 3.32. The lowest BCUT2D eigenvalue weighted by Crippen LogP contribution is -2.04. The Balaban J connectivity index is 1.49. The first-order valence-corrected chi connectivity index (χ1v) is 9.80. The van der Waals surface area contributed by atoms with E-state index in [0.29, 0.717) is 13.2 Å². The van der Waals surface area contributed by atoms with Crippen molar-refractivity contribution in [1.29, 1.82) is 0 Å². The number of rotatable bonds is 5. The maximum atomic E-state index is 13.3. The van der Waals surface area contributed by atoms with Crippen LogP contribution in [-0.4, -0.2) is 16.3 Å². The van der Waals surface area contributed by atoms with Gasteiger partial charge in [0.25, 0.3) is 0 Å². The summed E-state index contributed by atoms with van der Waals surface area (Å²) in [7, 11) is 0. The van der Waals surface area contributed by atoms with E-state index in [1.54, 1.807) is 18.3 Å². The fourth-order valence-corrected chi connectivity index (χ4v) is 3.79. The standard InChI is InChI=1S/C24H21FN2O3/c1-15-16(2)27(12-17-3-6-19(25)7-4-17)24-21(9-10-26-23(15)24)28-13-18-5-8-20-22(11-18)30-14-29-20/h3-11H,12-14H2,1-2H3. The van der Waals surface area contributed by atoms with E-state index in [9.17, 15) is 4.39 Å². The first-order valence-electron chi connectivity index (χ1n) is 9.80. The summed E-state index contributed by atoms with van der Waals surface area (Å²) in [6, 6.07) is 14.3. The van der Waals surface area contributed by atoms with Gasteiger partial charge in [-0.25, -0.2) is 4.39 Å². The number of pyridine rings is 1. The predicted molar refractivity (Wildman–Crippen MR) is 112 cm³/mol. The zero-order valence-electron chi connectivity index (χ0n) is 16.8. The zero-order chi connectivity index (χ0) is 20.7. The van der Waals surface area contributed by atoms with Crippen LogP contribution in [0, 0.1) is 19.7 Å². The summed E-state index contributed by atoms with van der Waals surface area (Å²) in [6.07, 6.45) is 1.77. The Bertz CT molecular complexity index is 1230. The molecule has 5 nitrogen and oxygen atoms in total. The van der Waals surface area contributed by atoms with Crippen molar-refractivity contribution in [2.24, 2.45) is 0 Å². The molecule has 0 aliphatic carbocycles. The van der Waals surface area contributed by atoms with Crippen molar-refractivity contribution < 1.29 is 18.6 Å². The van der Waals surface area contributed by atoms with Gasteiger partial charge in [0, 0.05) is 24.5 Å². The highest BCUT2D eigenvalue weighted by molar-refractivity contribution is 5.86. The second kappa shape index (κ2) is 7.37. The van der Waals surface area contributed by atoms with Gasteiger partial charge in [0.2, 0.25) is 6.79 Å². The molecule has 0 saturated carbocycles. The molecule has 4 aromatic rings.